The second-order valence-corrected chi connectivity index (χ2v) is 9.38. The number of anilines is 1. The van der Waals surface area contributed by atoms with E-state index in [1.807, 2.05) is 0 Å². The van der Waals surface area contributed by atoms with Gasteiger partial charge in [-0.25, -0.2) is 26.1 Å². The molecule has 0 aliphatic carbocycles. The van der Waals surface area contributed by atoms with Crippen LogP contribution in [0.1, 0.15) is 5.56 Å². The van der Waals surface area contributed by atoms with E-state index in [2.05, 4.69) is 9.71 Å². The van der Waals surface area contributed by atoms with E-state index >= 15 is 0 Å². The minimum Gasteiger partial charge on any atom is -0.280 e. The van der Waals surface area contributed by atoms with Crippen LogP contribution in [0.3, 0.4) is 0 Å². The van der Waals surface area contributed by atoms with Crippen molar-refractivity contribution in [2.24, 2.45) is 0 Å². The lowest BCUT2D eigenvalue weighted by atomic mass is 10.2. The Morgan fingerprint density at radius 2 is 1.75 bits per heavy atom. The number of halogens is 1. The highest BCUT2D eigenvalue weighted by Crippen LogP contribution is 2.24. The van der Waals surface area contributed by atoms with E-state index in [4.69, 9.17) is 11.6 Å². The van der Waals surface area contributed by atoms with Crippen molar-refractivity contribution in [2.45, 2.75) is 16.7 Å². The van der Waals surface area contributed by atoms with E-state index in [-0.39, 0.29) is 20.6 Å². The predicted molar refractivity (Wildman–Crippen MR) is 92.1 cm³/mol. The molecular formula is C14H16ClN3O4S2. The Balaban J connectivity index is 2.43. The van der Waals surface area contributed by atoms with E-state index in [1.165, 1.54) is 44.4 Å². The summed E-state index contributed by atoms with van der Waals surface area (Å²) in [5.74, 6) is 0. The van der Waals surface area contributed by atoms with Gasteiger partial charge in [0.2, 0.25) is 10.0 Å². The standard InChI is InChI=1S/C14H16ClN3O4S2/c1-10-4-5-11(8-13(10)24(21,22)18(2)3)17-23(19,20)12-6-7-14(15)16-9-12/h4-9,17H,1-3H3. The Kier molecular flexibility index (Phi) is 5.19. The van der Waals surface area contributed by atoms with Crippen LogP contribution in [0, 0.1) is 6.92 Å². The van der Waals surface area contributed by atoms with Crippen molar-refractivity contribution in [3.63, 3.8) is 0 Å². The molecule has 0 atom stereocenters. The molecule has 0 fully saturated rings. The molecular weight excluding hydrogens is 374 g/mol. The fourth-order valence-corrected chi connectivity index (χ4v) is 4.12. The summed E-state index contributed by atoms with van der Waals surface area (Å²) in [5, 5.41) is 0.170. The van der Waals surface area contributed by atoms with Crippen LogP contribution in [-0.4, -0.2) is 40.2 Å². The third-order valence-electron chi connectivity index (χ3n) is 3.21. The molecule has 1 N–H and O–H groups in total. The number of rotatable bonds is 5. The Bertz CT molecular complexity index is 956. The Hall–Kier alpha value is -1.68. The lowest BCUT2D eigenvalue weighted by Crippen LogP contribution is -2.23. The van der Waals surface area contributed by atoms with Crippen LogP contribution in [0.5, 0.6) is 0 Å². The topological polar surface area (TPSA) is 96.4 Å². The number of nitrogens with one attached hydrogen (secondary N) is 1. The van der Waals surface area contributed by atoms with Crippen molar-refractivity contribution in [1.29, 1.82) is 0 Å². The van der Waals surface area contributed by atoms with Crippen LogP contribution in [-0.2, 0) is 20.0 Å². The van der Waals surface area contributed by atoms with E-state index in [0.29, 0.717) is 5.56 Å². The normalized spacial score (nSPS) is 12.4. The third kappa shape index (κ3) is 3.86. The number of aromatic nitrogens is 1. The summed E-state index contributed by atoms with van der Waals surface area (Å²) in [5.41, 5.74) is 0.649. The first-order valence-corrected chi connectivity index (χ1v) is 10.0. The lowest BCUT2D eigenvalue weighted by molar-refractivity contribution is 0.520. The number of sulfonamides is 2. The molecule has 0 radical (unpaired) electrons. The maximum Gasteiger partial charge on any atom is 0.263 e. The van der Waals surface area contributed by atoms with Crippen molar-refractivity contribution in [3.8, 4) is 0 Å². The van der Waals surface area contributed by atoms with Gasteiger partial charge in [0.05, 0.1) is 10.6 Å². The molecule has 7 nitrogen and oxygen atoms in total. The van der Waals surface area contributed by atoms with Gasteiger partial charge in [-0.3, -0.25) is 4.72 Å². The van der Waals surface area contributed by atoms with E-state index < -0.39 is 20.0 Å². The van der Waals surface area contributed by atoms with Gasteiger partial charge in [-0.2, -0.15) is 0 Å². The smallest absolute Gasteiger partial charge is 0.263 e. The molecule has 10 heteroatoms. The maximum atomic E-state index is 12.3. The summed E-state index contributed by atoms with van der Waals surface area (Å²) in [7, 11) is -4.78. The first-order valence-electron chi connectivity index (χ1n) is 6.71. The third-order valence-corrected chi connectivity index (χ3v) is 6.76. The van der Waals surface area contributed by atoms with Gasteiger partial charge in [0, 0.05) is 20.3 Å². The average molecular weight is 390 g/mol. The van der Waals surface area contributed by atoms with Crippen LogP contribution in [0.4, 0.5) is 5.69 Å². The van der Waals surface area contributed by atoms with Gasteiger partial charge in [0.1, 0.15) is 10.0 Å². The zero-order valence-electron chi connectivity index (χ0n) is 13.2. The molecule has 2 aromatic rings. The minimum absolute atomic E-state index is 0.0296. The van der Waals surface area contributed by atoms with E-state index in [1.54, 1.807) is 6.92 Å². The van der Waals surface area contributed by atoms with Gasteiger partial charge >= 0.3 is 0 Å². The summed E-state index contributed by atoms with van der Waals surface area (Å²) in [4.78, 5) is 3.68. The van der Waals surface area contributed by atoms with Crippen LogP contribution in [0.25, 0.3) is 0 Å². The highest BCUT2D eigenvalue weighted by atomic mass is 35.5. The van der Waals surface area contributed by atoms with Crippen LogP contribution >= 0.6 is 11.6 Å². The highest BCUT2D eigenvalue weighted by Gasteiger charge is 2.21. The summed E-state index contributed by atoms with van der Waals surface area (Å²) < 4.78 is 52.7. The molecule has 1 heterocycles. The Labute approximate surface area is 146 Å². The number of hydrogen-bond donors (Lipinski definition) is 1. The summed E-state index contributed by atoms with van der Waals surface area (Å²) >= 11 is 5.64. The maximum absolute atomic E-state index is 12.3. The second kappa shape index (κ2) is 6.67. The SMILES string of the molecule is Cc1ccc(NS(=O)(=O)c2ccc(Cl)nc2)cc1S(=O)(=O)N(C)C. The molecule has 24 heavy (non-hydrogen) atoms. The van der Waals surface area contributed by atoms with Crippen LogP contribution in [0.15, 0.2) is 46.3 Å². The van der Waals surface area contributed by atoms with Crippen molar-refractivity contribution in [3.05, 3.63) is 47.2 Å². The molecule has 2 rings (SSSR count). The molecule has 0 aliphatic rings. The monoisotopic (exact) mass is 389 g/mol. The molecule has 0 spiro atoms. The molecule has 130 valence electrons. The summed E-state index contributed by atoms with van der Waals surface area (Å²) in [6.07, 6.45) is 1.12. The van der Waals surface area contributed by atoms with Crippen molar-refractivity contribution in [2.75, 3.05) is 18.8 Å². The fourth-order valence-electron chi connectivity index (χ4n) is 1.87. The van der Waals surface area contributed by atoms with Gasteiger partial charge in [-0.05, 0) is 36.8 Å². The summed E-state index contributed by atoms with van der Waals surface area (Å²) in [6.45, 7) is 1.64. The largest absolute Gasteiger partial charge is 0.280 e. The van der Waals surface area contributed by atoms with Crippen molar-refractivity contribution < 1.29 is 16.8 Å². The molecule has 0 saturated carbocycles. The number of nitrogens with zero attached hydrogens (tertiary/aromatic N) is 2. The first-order chi connectivity index (χ1) is 11.0. The molecule has 0 unspecified atom stereocenters. The first kappa shape index (κ1) is 18.7. The molecule has 0 bridgehead atoms. The Morgan fingerprint density at radius 1 is 1.08 bits per heavy atom. The fraction of sp³-hybridized carbons (Fsp3) is 0.214. The second-order valence-electron chi connectivity index (χ2n) is 5.19. The van der Waals surface area contributed by atoms with Gasteiger partial charge < -0.3 is 0 Å². The zero-order valence-corrected chi connectivity index (χ0v) is 15.6. The average Bonchev–Trinajstić information content (AvgIpc) is 2.49. The minimum atomic E-state index is -3.91. The highest BCUT2D eigenvalue weighted by molar-refractivity contribution is 7.92. The van der Waals surface area contributed by atoms with Crippen molar-refractivity contribution in [1.82, 2.24) is 9.29 Å². The molecule has 1 aromatic heterocycles. The van der Waals surface area contributed by atoms with Crippen molar-refractivity contribution >= 4 is 37.3 Å². The molecule has 1 aromatic carbocycles. The lowest BCUT2D eigenvalue weighted by Gasteiger charge is -2.15. The van der Waals surface area contributed by atoms with E-state index in [0.717, 1.165) is 10.5 Å². The Morgan fingerprint density at radius 3 is 2.29 bits per heavy atom. The number of pyridine rings is 1. The molecule has 0 amide bonds. The quantitative estimate of drug-likeness (QED) is 0.790. The predicted octanol–water partition coefficient (Wildman–Crippen LogP) is 2.09. The zero-order chi connectivity index (χ0) is 18.1. The summed E-state index contributed by atoms with van der Waals surface area (Å²) in [6, 6.07) is 6.97. The number of benzene rings is 1. The number of aryl methyl sites for hydroxylation is 1. The molecule has 0 aliphatic heterocycles. The number of hydrogen-bond acceptors (Lipinski definition) is 5. The van der Waals surface area contributed by atoms with Crippen LogP contribution in [0.2, 0.25) is 5.15 Å². The van der Waals surface area contributed by atoms with Gasteiger partial charge in [-0.1, -0.05) is 17.7 Å². The van der Waals surface area contributed by atoms with Gasteiger partial charge in [0.25, 0.3) is 10.0 Å². The molecule has 0 saturated heterocycles. The van der Waals surface area contributed by atoms with Gasteiger partial charge in [0.15, 0.2) is 0 Å². The van der Waals surface area contributed by atoms with Gasteiger partial charge in [-0.15, -0.1) is 0 Å². The van der Waals surface area contributed by atoms with Crippen LogP contribution < -0.4 is 4.72 Å². The van der Waals surface area contributed by atoms with E-state index in [9.17, 15) is 16.8 Å².